The third kappa shape index (κ3) is 5.84. The normalized spacial score (nSPS) is 19.1. The van der Waals surface area contributed by atoms with Gasteiger partial charge in [0.2, 0.25) is 0 Å². The van der Waals surface area contributed by atoms with Gasteiger partial charge in [0.15, 0.2) is 17.4 Å². The average Bonchev–Trinajstić information content (AvgIpc) is 2.76. The van der Waals surface area contributed by atoms with Gasteiger partial charge in [-0.15, -0.1) is 0 Å². The molecule has 0 unspecified atom stereocenters. The smallest absolute Gasteiger partial charge is 0.310 e. The highest BCUT2D eigenvalue weighted by Gasteiger charge is 2.22. The van der Waals surface area contributed by atoms with Gasteiger partial charge in [0.05, 0.1) is 0 Å². The monoisotopic (exact) mass is 398 g/mol. The van der Waals surface area contributed by atoms with Gasteiger partial charge in [-0.3, -0.25) is 4.79 Å². The summed E-state index contributed by atoms with van der Waals surface area (Å²) in [5, 5.41) is 0. The molecule has 1 aliphatic rings. The van der Waals surface area contributed by atoms with E-state index in [1.807, 2.05) is 12.4 Å². The van der Waals surface area contributed by atoms with E-state index >= 15 is 0 Å². The summed E-state index contributed by atoms with van der Waals surface area (Å²) in [5.41, 5.74) is 1.75. The standard InChI is InChI=1S/C24H31FN2O2/c1-3-5-6-7-17-8-10-18(11-9-17)20-15-26-24(27-16-20)19-12-13-22(21(25)14-19)29-23(28)4-2/h12-18H,3-11H2,1-2H3/t17-,18-. The highest BCUT2D eigenvalue weighted by atomic mass is 19.1. The van der Waals surface area contributed by atoms with Crippen LogP contribution < -0.4 is 4.74 Å². The second-order valence-electron chi connectivity index (χ2n) is 8.03. The molecule has 5 heteroatoms. The number of esters is 1. The van der Waals surface area contributed by atoms with Crippen molar-refractivity contribution in [2.45, 2.75) is 77.6 Å². The number of carbonyl (C=O) groups excluding carboxylic acids is 1. The first-order valence-corrected chi connectivity index (χ1v) is 10.9. The predicted molar refractivity (Wildman–Crippen MR) is 112 cm³/mol. The van der Waals surface area contributed by atoms with Gasteiger partial charge < -0.3 is 4.74 Å². The van der Waals surface area contributed by atoms with Gasteiger partial charge in [-0.05, 0) is 61.3 Å². The highest BCUT2D eigenvalue weighted by Crippen LogP contribution is 2.37. The van der Waals surface area contributed by atoms with Crippen LogP contribution in [0.25, 0.3) is 11.4 Å². The molecule has 4 nitrogen and oxygen atoms in total. The van der Waals surface area contributed by atoms with Crippen LogP contribution in [0.1, 0.15) is 83.1 Å². The Kier molecular flexibility index (Phi) is 7.73. The molecule has 1 heterocycles. The molecule has 156 valence electrons. The van der Waals surface area contributed by atoms with Crippen molar-refractivity contribution in [3.8, 4) is 17.1 Å². The molecule has 1 aromatic heterocycles. The number of nitrogens with zero attached hydrogens (tertiary/aromatic N) is 2. The van der Waals surface area contributed by atoms with Crippen molar-refractivity contribution in [3.05, 3.63) is 42.0 Å². The summed E-state index contributed by atoms with van der Waals surface area (Å²) >= 11 is 0. The number of ether oxygens (including phenoxy) is 1. The van der Waals surface area contributed by atoms with Crippen molar-refractivity contribution < 1.29 is 13.9 Å². The summed E-state index contributed by atoms with van der Waals surface area (Å²) in [5.74, 6) is 0.776. The first-order valence-electron chi connectivity index (χ1n) is 10.9. The van der Waals surface area contributed by atoms with Crippen molar-refractivity contribution in [1.82, 2.24) is 9.97 Å². The molecule has 0 amide bonds. The molecule has 0 spiro atoms. The third-order valence-electron chi connectivity index (χ3n) is 5.91. The third-order valence-corrected chi connectivity index (χ3v) is 5.91. The molecule has 0 bridgehead atoms. The zero-order chi connectivity index (χ0) is 20.6. The van der Waals surface area contributed by atoms with Crippen LogP contribution in [0.15, 0.2) is 30.6 Å². The Morgan fingerprint density at radius 3 is 2.45 bits per heavy atom. The van der Waals surface area contributed by atoms with Gasteiger partial charge in [-0.25, -0.2) is 14.4 Å². The molecular weight excluding hydrogens is 367 g/mol. The van der Waals surface area contributed by atoms with Gasteiger partial charge >= 0.3 is 5.97 Å². The Hall–Kier alpha value is -2.30. The van der Waals surface area contributed by atoms with Gasteiger partial charge in [-0.1, -0.05) is 39.5 Å². The second kappa shape index (κ2) is 10.5. The summed E-state index contributed by atoms with van der Waals surface area (Å²) in [4.78, 5) is 20.3. The second-order valence-corrected chi connectivity index (χ2v) is 8.03. The number of aromatic nitrogens is 2. The molecule has 1 saturated carbocycles. The molecule has 1 aliphatic carbocycles. The van der Waals surface area contributed by atoms with E-state index in [2.05, 4.69) is 16.9 Å². The summed E-state index contributed by atoms with van der Waals surface area (Å²) in [6.07, 6.45) is 14.3. The lowest BCUT2D eigenvalue weighted by molar-refractivity contribution is -0.134. The van der Waals surface area contributed by atoms with E-state index in [0.29, 0.717) is 17.3 Å². The number of rotatable bonds is 8. The lowest BCUT2D eigenvalue weighted by atomic mass is 9.77. The van der Waals surface area contributed by atoms with E-state index in [9.17, 15) is 9.18 Å². The van der Waals surface area contributed by atoms with Gasteiger partial charge in [0.1, 0.15) is 0 Å². The van der Waals surface area contributed by atoms with Gasteiger partial charge in [-0.2, -0.15) is 0 Å². The van der Waals surface area contributed by atoms with Crippen molar-refractivity contribution in [3.63, 3.8) is 0 Å². The van der Waals surface area contributed by atoms with E-state index < -0.39 is 11.8 Å². The van der Waals surface area contributed by atoms with Crippen LogP contribution in [-0.2, 0) is 4.79 Å². The van der Waals surface area contributed by atoms with E-state index in [1.54, 1.807) is 13.0 Å². The molecule has 0 saturated heterocycles. The van der Waals surface area contributed by atoms with Crippen LogP contribution in [0.4, 0.5) is 4.39 Å². The summed E-state index contributed by atoms with van der Waals surface area (Å²) in [6.45, 7) is 3.92. The van der Waals surface area contributed by atoms with Crippen LogP contribution in [0.2, 0.25) is 0 Å². The molecule has 0 radical (unpaired) electrons. The zero-order valence-corrected chi connectivity index (χ0v) is 17.5. The summed E-state index contributed by atoms with van der Waals surface area (Å²) < 4.78 is 19.2. The maximum atomic E-state index is 14.2. The predicted octanol–water partition coefficient (Wildman–Crippen LogP) is 6.45. The van der Waals surface area contributed by atoms with Crippen molar-refractivity contribution in [2.75, 3.05) is 0 Å². The SMILES string of the molecule is CCCCC[C@H]1CC[C@H](c2cnc(-c3ccc(OC(=O)CC)c(F)c3)nc2)CC1. The Bertz CT molecular complexity index is 799. The van der Waals surface area contributed by atoms with Crippen LogP contribution in [0.3, 0.4) is 0 Å². The van der Waals surface area contributed by atoms with Crippen LogP contribution >= 0.6 is 0 Å². The maximum Gasteiger partial charge on any atom is 0.310 e. The lowest BCUT2D eigenvalue weighted by Crippen LogP contribution is -2.14. The first kappa shape index (κ1) is 21.4. The van der Waals surface area contributed by atoms with Crippen molar-refractivity contribution >= 4 is 5.97 Å². The molecule has 1 fully saturated rings. The summed E-state index contributed by atoms with van der Waals surface area (Å²) in [7, 11) is 0. The van der Waals surface area contributed by atoms with Crippen molar-refractivity contribution in [1.29, 1.82) is 0 Å². The van der Waals surface area contributed by atoms with E-state index in [-0.39, 0.29) is 12.2 Å². The van der Waals surface area contributed by atoms with Crippen molar-refractivity contribution in [2.24, 2.45) is 5.92 Å². The summed E-state index contributed by atoms with van der Waals surface area (Å²) in [6, 6.07) is 4.45. The molecule has 0 aliphatic heterocycles. The number of unbranched alkanes of at least 4 members (excludes halogenated alkanes) is 2. The molecule has 1 aromatic carbocycles. The number of benzene rings is 1. The largest absolute Gasteiger partial charge is 0.423 e. The number of hydrogen-bond donors (Lipinski definition) is 0. The fourth-order valence-corrected chi connectivity index (χ4v) is 4.08. The molecular formula is C24H31FN2O2. The minimum absolute atomic E-state index is 0.0621. The molecule has 0 N–H and O–H groups in total. The molecule has 0 atom stereocenters. The van der Waals surface area contributed by atoms with Crippen LogP contribution in [0.5, 0.6) is 5.75 Å². The van der Waals surface area contributed by atoms with Crippen LogP contribution in [-0.4, -0.2) is 15.9 Å². The molecule has 29 heavy (non-hydrogen) atoms. The zero-order valence-electron chi connectivity index (χ0n) is 17.5. The van der Waals surface area contributed by atoms with E-state index in [0.717, 1.165) is 5.92 Å². The number of hydrogen-bond acceptors (Lipinski definition) is 4. The highest BCUT2D eigenvalue weighted by molar-refractivity contribution is 5.72. The minimum atomic E-state index is -0.585. The number of carbonyl (C=O) groups is 1. The Labute approximate surface area is 172 Å². The van der Waals surface area contributed by atoms with Crippen LogP contribution in [0, 0.1) is 11.7 Å². The average molecular weight is 399 g/mol. The number of halogens is 1. The quantitative estimate of drug-likeness (QED) is 0.291. The maximum absolute atomic E-state index is 14.2. The lowest BCUT2D eigenvalue weighted by Gasteiger charge is -2.28. The molecule has 2 aromatic rings. The Morgan fingerprint density at radius 1 is 1.10 bits per heavy atom. The van der Waals surface area contributed by atoms with Gasteiger partial charge in [0.25, 0.3) is 0 Å². The van der Waals surface area contributed by atoms with E-state index in [4.69, 9.17) is 4.74 Å². The fourth-order valence-electron chi connectivity index (χ4n) is 4.08. The topological polar surface area (TPSA) is 52.1 Å². The first-order chi connectivity index (χ1) is 14.1. The molecule has 3 rings (SSSR count). The fraction of sp³-hybridized carbons (Fsp3) is 0.542. The Morgan fingerprint density at radius 2 is 1.83 bits per heavy atom. The van der Waals surface area contributed by atoms with Gasteiger partial charge in [0, 0.05) is 24.4 Å². The Balaban J connectivity index is 1.59. The minimum Gasteiger partial charge on any atom is -0.423 e. The van der Waals surface area contributed by atoms with E-state index in [1.165, 1.54) is 69.1 Å².